The van der Waals surface area contributed by atoms with Crippen LogP contribution in [0.5, 0.6) is 0 Å². The maximum Gasteiger partial charge on any atom is 0.433 e. The number of amides is 1. The molecule has 104 valence electrons. The fraction of sp³-hybridized carbons (Fsp3) is 0.0909. The van der Waals surface area contributed by atoms with Crippen molar-refractivity contribution in [3.8, 4) is 0 Å². The van der Waals surface area contributed by atoms with Crippen LogP contribution in [-0.4, -0.2) is 20.9 Å². The van der Waals surface area contributed by atoms with Crippen LogP contribution in [0.4, 0.5) is 19.0 Å². The van der Waals surface area contributed by atoms with Crippen molar-refractivity contribution in [2.45, 2.75) is 6.18 Å². The Morgan fingerprint density at radius 1 is 1.10 bits per heavy atom. The van der Waals surface area contributed by atoms with Crippen molar-refractivity contribution in [1.29, 1.82) is 0 Å². The van der Waals surface area contributed by atoms with E-state index in [4.69, 9.17) is 11.6 Å². The van der Waals surface area contributed by atoms with Gasteiger partial charge in [0.05, 0.1) is 18.0 Å². The molecule has 2 aromatic heterocycles. The van der Waals surface area contributed by atoms with E-state index in [0.717, 1.165) is 18.3 Å². The summed E-state index contributed by atoms with van der Waals surface area (Å²) in [5, 5.41) is 2.50. The number of pyridine rings is 1. The first-order chi connectivity index (χ1) is 9.36. The van der Waals surface area contributed by atoms with Gasteiger partial charge in [-0.3, -0.25) is 9.78 Å². The molecule has 0 aliphatic rings. The number of hydrogen-bond donors (Lipinski definition) is 1. The maximum atomic E-state index is 12.3. The quantitative estimate of drug-likeness (QED) is 0.926. The summed E-state index contributed by atoms with van der Waals surface area (Å²) in [7, 11) is 0. The zero-order chi connectivity index (χ0) is 14.8. The second-order valence-electron chi connectivity index (χ2n) is 3.61. The molecule has 0 saturated heterocycles. The number of aromatic nitrogens is 3. The van der Waals surface area contributed by atoms with E-state index < -0.39 is 17.8 Å². The van der Waals surface area contributed by atoms with Gasteiger partial charge in [0.15, 0.2) is 5.82 Å². The zero-order valence-corrected chi connectivity index (χ0v) is 10.4. The second kappa shape index (κ2) is 5.41. The Hall–Kier alpha value is -2.22. The molecule has 5 nitrogen and oxygen atoms in total. The van der Waals surface area contributed by atoms with Gasteiger partial charge in [0, 0.05) is 6.20 Å². The van der Waals surface area contributed by atoms with E-state index in [9.17, 15) is 18.0 Å². The lowest BCUT2D eigenvalue weighted by atomic mass is 10.2. The molecule has 1 N–H and O–H groups in total. The average molecular weight is 303 g/mol. The van der Waals surface area contributed by atoms with Gasteiger partial charge in [-0.05, 0) is 12.1 Å². The number of alkyl halides is 3. The van der Waals surface area contributed by atoms with E-state index in [1.807, 2.05) is 0 Å². The van der Waals surface area contributed by atoms with E-state index >= 15 is 0 Å². The van der Waals surface area contributed by atoms with Crippen LogP contribution in [-0.2, 0) is 6.18 Å². The molecule has 0 atom stereocenters. The molecule has 0 bridgehead atoms. The minimum atomic E-state index is -4.54. The zero-order valence-electron chi connectivity index (χ0n) is 9.65. The highest BCUT2D eigenvalue weighted by molar-refractivity contribution is 6.29. The van der Waals surface area contributed by atoms with Gasteiger partial charge >= 0.3 is 6.18 Å². The predicted molar refractivity (Wildman–Crippen MR) is 64.2 cm³/mol. The number of anilines is 1. The molecule has 0 saturated carbocycles. The number of carbonyl (C=O) groups is 1. The Morgan fingerprint density at radius 3 is 2.35 bits per heavy atom. The van der Waals surface area contributed by atoms with Gasteiger partial charge in [-0.1, -0.05) is 11.6 Å². The Bertz CT molecular complexity index is 613. The number of hydrogen-bond acceptors (Lipinski definition) is 4. The van der Waals surface area contributed by atoms with Crippen LogP contribution in [0, 0.1) is 0 Å². The summed E-state index contributed by atoms with van der Waals surface area (Å²) in [4.78, 5) is 22.4. The molecule has 0 aliphatic carbocycles. The van der Waals surface area contributed by atoms with Gasteiger partial charge in [-0.25, -0.2) is 9.97 Å². The highest BCUT2D eigenvalue weighted by atomic mass is 35.5. The standard InChI is InChI=1S/C11H6ClF3N4O/c12-8-4-18-9(5-17-8)19-10(20)6-1-2-7(16-3-6)11(13,14)15/h1-5H,(H,18,19,20). The summed E-state index contributed by atoms with van der Waals surface area (Å²) in [6.45, 7) is 0. The lowest BCUT2D eigenvalue weighted by molar-refractivity contribution is -0.141. The topological polar surface area (TPSA) is 67.8 Å². The normalized spacial score (nSPS) is 11.2. The first-order valence-corrected chi connectivity index (χ1v) is 5.56. The summed E-state index contributed by atoms with van der Waals surface area (Å²) < 4.78 is 36.9. The minimum Gasteiger partial charge on any atom is -0.305 e. The number of rotatable bonds is 2. The van der Waals surface area contributed by atoms with Gasteiger partial charge in [0.1, 0.15) is 10.8 Å². The van der Waals surface area contributed by atoms with Crippen LogP contribution in [0.3, 0.4) is 0 Å². The lowest BCUT2D eigenvalue weighted by Crippen LogP contribution is -2.15. The van der Waals surface area contributed by atoms with E-state index in [0.29, 0.717) is 0 Å². The van der Waals surface area contributed by atoms with Gasteiger partial charge in [0.25, 0.3) is 5.91 Å². The molecule has 2 heterocycles. The smallest absolute Gasteiger partial charge is 0.305 e. The summed E-state index contributed by atoms with van der Waals surface area (Å²) in [5.74, 6) is -0.526. The van der Waals surface area contributed by atoms with Crippen molar-refractivity contribution in [3.63, 3.8) is 0 Å². The fourth-order valence-electron chi connectivity index (χ4n) is 1.26. The van der Waals surface area contributed by atoms with Crippen molar-refractivity contribution in [3.05, 3.63) is 47.1 Å². The van der Waals surface area contributed by atoms with Crippen LogP contribution in [0.1, 0.15) is 16.1 Å². The molecular formula is C11H6ClF3N4O. The molecule has 0 aromatic carbocycles. The van der Waals surface area contributed by atoms with Crippen molar-refractivity contribution >= 4 is 23.3 Å². The molecular weight excluding hydrogens is 297 g/mol. The molecule has 0 fully saturated rings. The van der Waals surface area contributed by atoms with Gasteiger partial charge < -0.3 is 5.32 Å². The summed E-state index contributed by atoms with van der Waals surface area (Å²) in [6, 6.07) is 1.75. The molecule has 0 radical (unpaired) electrons. The molecule has 0 aliphatic heterocycles. The molecule has 0 unspecified atom stereocenters. The summed E-state index contributed by atoms with van der Waals surface area (Å²) in [5.41, 5.74) is -1.10. The second-order valence-corrected chi connectivity index (χ2v) is 4.00. The largest absolute Gasteiger partial charge is 0.433 e. The van der Waals surface area contributed by atoms with E-state index in [1.54, 1.807) is 0 Å². The van der Waals surface area contributed by atoms with Crippen molar-refractivity contribution in [2.24, 2.45) is 0 Å². The number of carbonyl (C=O) groups excluding carboxylic acids is 1. The Kier molecular flexibility index (Phi) is 3.84. The van der Waals surface area contributed by atoms with Crippen LogP contribution < -0.4 is 5.32 Å². The number of nitrogens with zero attached hydrogens (tertiary/aromatic N) is 3. The molecule has 20 heavy (non-hydrogen) atoms. The average Bonchev–Trinajstić information content (AvgIpc) is 2.40. The van der Waals surface area contributed by atoms with E-state index in [1.165, 1.54) is 12.4 Å². The van der Waals surface area contributed by atoms with Crippen molar-refractivity contribution in [2.75, 3.05) is 5.32 Å². The SMILES string of the molecule is O=C(Nc1cnc(Cl)cn1)c1ccc(C(F)(F)F)nc1. The van der Waals surface area contributed by atoms with Gasteiger partial charge in [-0.15, -0.1) is 0 Å². The summed E-state index contributed by atoms with van der Waals surface area (Å²) >= 11 is 5.52. The van der Waals surface area contributed by atoms with E-state index in [2.05, 4.69) is 20.3 Å². The van der Waals surface area contributed by atoms with Crippen LogP contribution in [0.2, 0.25) is 5.15 Å². The van der Waals surface area contributed by atoms with Crippen LogP contribution in [0.15, 0.2) is 30.7 Å². The third-order valence-corrected chi connectivity index (χ3v) is 2.37. The Labute approximate surface area is 115 Å². The van der Waals surface area contributed by atoms with E-state index in [-0.39, 0.29) is 16.5 Å². The molecule has 2 rings (SSSR count). The predicted octanol–water partition coefficient (Wildman–Crippen LogP) is 2.80. The highest BCUT2D eigenvalue weighted by Crippen LogP contribution is 2.27. The molecule has 0 spiro atoms. The van der Waals surface area contributed by atoms with Crippen LogP contribution >= 0.6 is 11.6 Å². The van der Waals surface area contributed by atoms with Crippen molar-refractivity contribution in [1.82, 2.24) is 15.0 Å². The molecule has 9 heteroatoms. The third kappa shape index (κ3) is 3.41. The minimum absolute atomic E-state index is 0.0326. The molecule has 2 aromatic rings. The Morgan fingerprint density at radius 2 is 1.85 bits per heavy atom. The van der Waals surface area contributed by atoms with Gasteiger partial charge in [0.2, 0.25) is 0 Å². The first kappa shape index (κ1) is 14.2. The maximum absolute atomic E-state index is 12.3. The van der Waals surface area contributed by atoms with Crippen molar-refractivity contribution < 1.29 is 18.0 Å². The fourth-order valence-corrected chi connectivity index (χ4v) is 1.36. The first-order valence-electron chi connectivity index (χ1n) is 5.18. The molecule has 1 amide bonds. The number of nitrogens with one attached hydrogen (secondary N) is 1. The van der Waals surface area contributed by atoms with Crippen LogP contribution in [0.25, 0.3) is 0 Å². The Balaban J connectivity index is 2.11. The summed E-state index contributed by atoms with van der Waals surface area (Å²) in [6.07, 6.45) is -1.27. The highest BCUT2D eigenvalue weighted by Gasteiger charge is 2.32. The van der Waals surface area contributed by atoms with Gasteiger partial charge in [-0.2, -0.15) is 13.2 Å². The lowest BCUT2D eigenvalue weighted by Gasteiger charge is -2.07. The third-order valence-electron chi connectivity index (χ3n) is 2.18. The number of halogens is 4. The monoisotopic (exact) mass is 302 g/mol.